The van der Waals surface area contributed by atoms with Gasteiger partial charge in [0.05, 0.1) is 17.6 Å². The van der Waals surface area contributed by atoms with E-state index in [9.17, 15) is 0 Å². The molecule has 0 atom stereocenters. The van der Waals surface area contributed by atoms with Crippen LogP contribution in [0.1, 0.15) is 11.1 Å². The lowest BCUT2D eigenvalue weighted by Crippen LogP contribution is -1.99. The first-order valence-electron chi connectivity index (χ1n) is 5.32. The van der Waals surface area contributed by atoms with E-state index in [4.69, 9.17) is 5.73 Å². The van der Waals surface area contributed by atoms with Gasteiger partial charge in [0.1, 0.15) is 5.82 Å². The minimum absolute atomic E-state index is 0.677. The number of nitrogens with two attached hydrogens (primary N) is 1. The Morgan fingerprint density at radius 3 is 2.71 bits per heavy atom. The Morgan fingerprint density at radius 1 is 1.24 bits per heavy atom. The van der Waals surface area contributed by atoms with Crippen LogP contribution in [0.3, 0.4) is 0 Å². The van der Waals surface area contributed by atoms with Gasteiger partial charge in [0, 0.05) is 4.47 Å². The zero-order chi connectivity index (χ0) is 12.4. The Kier molecular flexibility index (Phi) is 3.33. The highest BCUT2D eigenvalue weighted by atomic mass is 79.9. The molecule has 1 aromatic carbocycles. The Balaban J connectivity index is 2.35. The van der Waals surface area contributed by atoms with Crippen LogP contribution in [0.2, 0.25) is 0 Å². The van der Waals surface area contributed by atoms with Gasteiger partial charge in [0.2, 0.25) is 0 Å². The summed E-state index contributed by atoms with van der Waals surface area (Å²) in [6, 6.07) is 7.97. The number of nitrogen functional groups attached to an aromatic ring is 1. The maximum absolute atomic E-state index is 5.68. The van der Waals surface area contributed by atoms with E-state index in [-0.39, 0.29) is 0 Å². The molecule has 3 N–H and O–H groups in total. The smallest absolute Gasteiger partial charge is 0.133 e. The molecular weight excluding hydrogens is 278 g/mol. The van der Waals surface area contributed by atoms with Crippen molar-refractivity contribution in [2.45, 2.75) is 13.8 Å². The second-order valence-electron chi connectivity index (χ2n) is 4.00. The lowest BCUT2D eigenvalue weighted by atomic mass is 10.2. The highest BCUT2D eigenvalue weighted by Crippen LogP contribution is 2.29. The first kappa shape index (κ1) is 11.9. The Bertz CT molecular complexity index is 552. The quantitative estimate of drug-likeness (QED) is 0.885. The van der Waals surface area contributed by atoms with Crippen LogP contribution in [0, 0.1) is 13.8 Å². The summed E-state index contributed by atoms with van der Waals surface area (Å²) in [6.45, 7) is 4.04. The van der Waals surface area contributed by atoms with Crippen LogP contribution in [0.15, 0.2) is 34.9 Å². The average molecular weight is 292 g/mol. The molecule has 0 bridgehead atoms. The molecule has 0 radical (unpaired) electrons. The Morgan fingerprint density at radius 2 is 2.00 bits per heavy atom. The van der Waals surface area contributed by atoms with Gasteiger partial charge in [-0.15, -0.1) is 0 Å². The Labute approximate surface area is 109 Å². The average Bonchev–Trinajstić information content (AvgIpc) is 2.28. The van der Waals surface area contributed by atoms with Crippen molar-refractivity contribution in [1.82, 2.24) is 4.98 Å². The predicted octanol–water partition coefficient (Wildman–Crippen LogP) is 3.79. The fourth-order valence-corrected chi connectivity index (χ4v) is 1.96. The SMILES string of the molecule is Cc1cc(N)cnc1Nc1cccc(C)c1Br. The van der Waals surface area contributed by atoms with Crippen LogP contribution in [0.4, 0.5) is 17.2 Å². The third-order valence-corrected chi connectivity index (χ3v) is 3.60. The number of aromatic nitrogens is 1. The van der Waals surface area contributed by atoms with Crippen LogP contribution >= 0.6 is 15.9 Å². The minimum Gasteiger partial charge on any atom is -0.397 e. The van der Waals surface area contributed by atoms with Gasteiger partial charge < -0.3 is 11.1 Å². The third-order valence-electron chi connectivity index (χ3n) is 2.54. The molecule has 0 saturated heterocycles. The van der Waals surface area contributed by atoms with E-state index in [1.165, 1.54) is 5.56 Å². The topological polar surface area (TPSA) is 50.9 Å². The lowest BCUT2D eigenvalue weighted by molar-refractivity contribution is 1.25. The zero-order valence-corrected chi connectivity index (χ0v) is 11.4. The monoisotopic (exact) mass is 291 g/mol. The number of halogens is 1. The van der Waals surface area contributed by atoms with Gasteiger partial charge in [-0.25, -0.2) is 4.98 Å². The number of rotatable bonds is 2. The van der Waals surface area contributed by atoms with Gasteiger partial charge in [-0.05, 0) is 53.0 Å². The molecule has 1 heterocycles. The maximum Gasteiger partial charge on any atom is 0.133 e. The standard InChI is InChI=1S/C13H14BrN3/c1-8-4-3-5-11(12(8)14)17-13-9(2)6-10(15)7-16-13/h3-7H,15H2,1-2H3,(H,16,17). The first-order chi connectivity index (χ1) is 8.08. The fourth-order valence-electron chi connectivity index (χ4n) is 1.60. The van der Waals surface area contributed by atoms with Crippen molar-refractivity contribution in [1.29, 1.82) is 0 Å². The molecule has 88 valence electrons. The number of anilines is 3. The van der Waals surface area contributed by atoms with E-state index in [1.54, 1.807) is 6.20 Å². The van der Waals surface area contributed by atoms with Gasteiger partial charge in [0.25, 0.3) is 0 Å². The number of aryl methyl sites for hydroxylation is 2. The highest BCUT2D eigenvalue weighted by molar-refractivity contribution is 9.10. The van der Waals surface area contributed by atoms with E-state index in [0.29, 0.717) is 5.69 Å². The number of hydrogen-bond donors (Lipinski definition) is 2. The van der Waals surface area contributed by atoms with E-state index in [2.05, 4.69) is 39.2 Å². The summed E-state index contributed by atoms with van der Waals surface area (Å²) in [5.74, 6) is 0.825. The molecule has 2 aromatic rings. The molecule has 3 nitrogen and oxygen atoms in total. The van der Waals surface area contributed by atoms with Crippen molar-refractivity contribution >= 4 is 33.1 Å². The summed E-state index contributed by atoms with van der Waals surface area (Å²) < 4.78 is 1.05. The highest BCUT2D eigenvalue weighted by Gasteiger charge is 2.05. The lowest BCUT2D eigenvalue weighted by Gasteiger charge is -2.11. The van der Waals surface area contributed by atoms with Crippen molar-refractivity contribution in [2.75, 3.05) is 11.1 Å². The number of pyridine rings is 1. The molecule has 1 aromatic heterocycles. The van der Waals surface area contributed by atoms with Gasteiger partial charge in [-0.2, -0.15) is 0 Å². The van der Waals surface area contributed by atoms with Crippen LogP contribution < -0.4 is 11.1 Å². The summed E-state index contributed by atoms with van der Waals surface area (Å²) in [5.41, 5.74) is 9.57. The summed E-state index contributed by atoms with van der Waals surface area (Å²) in [6.07, 6.45) is 1.65. The molecule has 2 rings (SSSR count). The van der Waals surface area contributed by atoms with Gasteiger partial charge >= 0.3 is 0 Å². The summed E-state index contributed by atoms with van der Waals surface area (Å²) >= 11 is 3.56. The van der Waals surface area contributed by atoms with E-state index in [0.717, 1.165) is 21.5 Å². The van der Waals surface area contributed by atoms with Gasteiger partial charge in [-0.3, -0.25) is 0 Å². The van der Waals surface area contributed by atoms with E-state index >= 15 is 0 Å². The molecule has 17 heavy (non-hydrogen) atoms. The molecule has 0 fully saturated rings. The maximum atomic E-state index is 5.68. The summed E-state index contributed by atoms with van der Waals surface area (Å²) in [7, 11) is 0. The molecule has 0 aliphatic heterocycles. The van der Waals surface area contributed by atoms with Crippen molar-refractivity contribution in [2.24, 2.45) is 0 Å². The molecule has 0 aliphatic rings. The minimum atomic E-state index is 0.677. The van der Waals surface area contributed by atoms with Crippen molar-refractivity contribution in [3.05, 3.63) is 46.1 Å². The normalized spacial score (nSPS) is 10.3. The van der Waals surface area contributed by atoms with Gasteiger partial charge in [-0.1, -0.05) is 12.1 Å². The van der Waals surface area contributed by atoms with Gasteiger partial charge in [0.15, 0.2) is 0 Å². The van der Waals surface area contributed by atoms with Crippen LogP contribution in [0.25, 0.3) is 0 Å². The summed E-state index contributed by atoms with van der Waals surface area (Å²) in [5, 5.41) is 3.29. The van der Waals surface area contributed by atoms with E-state index in [1.807, 2.05) is 25.1 Å². The number of hydrogen-bond acceptors (Lipinski definition) is 3. The molecule has 0 unspecified atom stereocenters. The third kappa shape index (κ3) is 2.58. The zero-order valence-electron chi connectivity index (χ0n) is 9.79. The second kappa shape index (κ2) is 4.75. The van der Waals surface area contributed by atoms with Crippen LogP contribution in [-0.2, 0) is 0 Å². The predicted molar refractivity (Wildman–Crippen MR) is 75.5 cm³/mol. The molecule has 0 amide bonds. The molecular formula is C13H14BrN3. The molecule has 0 spiro atoms. The number of nitrogens with zero attached hydrogens (tertiary/aromatic N) is 1. The second-order valence-corrected chi connectivity index (χ2v) is 4.79. The first-order valence-corrected chi connectivity index (χ1v) is 6.11. The van der Waals surface area contributed by atoms with E-state index < -0.39 is 0 Å². The van der Waals surface area contributed by atoms with Crippen LogP contribution in [0.5, 0.6) is 0 Å². The largest absolute Gasteiger partial charge is 0.397 e. The molecule has 4 heteroatoms. The van der Waals surface area contributed by atoms with Crippen molar-refractivity contribution in [3.8, 4) is 0 Å². The Hall–Kier alpha value is -1.55. The molecule has 0 aliphatic carbocycles. The molecule has 0 saturated carbocycles. The fraction of sp³-hybridized carbons (Fsp3) is 0.154. The van der Waals surface area contributed by atoms with Crippen molar-refractivity contribution in [3.63, 3.8) is 0 Å². The number of nitrogens with one attached hydrogen (secondary N) is 1. The van der Waals surface area contributed by atoms with Crippen LogP contribution in [-0.4, -0.2) is 4.98 Å². The number of benzene rings is 1. The van der Waals surface area contributed by atoms with Crippen molar-refractivity contribution < 1.29 is 0 Å². The summed E-state index contributed by atoms with van der Waals surface area (Å²) in [4.78, 5) is 4.29.